The molecule has 3 N–H and O–H groups in total. The predicted octanol–water partition coefficient (Wildman–Crippen LogP) is 7.60. The number of rotatable bonds is 9. The second-order valence-electron chi connectivity index (χ2n) is 13.0. The van der Waals surface area contributed by atoms with Gasteiger partial charge >= 0.3 is 5.97 Å². The van der Waals surface area contributed by atoms with Gasteiger partial charge < -0.3 is 10.0 Å². The van der Waals surface area contributed by atoms with E-state index in [1.807, 2.05) is 56.6 Å². The molecule has 1 aliphatic carbocycles. The first-order chi connectivity index (χ1) is 24.3. The Kier molecular flexibility index (Phi) is 10.6. The van der Waals surface area contributed by atoms with Crippen LogP contribution in [-0.4, -0.2) is 60.9 Å². The molecular weight excluding hydrogens is 701 g/mol. The number of carboxylic acids is 1. The molecule has 270 valence electrons. The van der Waals surface area contributed by atoms with E-state index in [1.165, 1.54) is 12.1 Å². The zero-order valence-corrected chi connectivity index (χ0v) is 31.6. The van der Waals surface area contributed by atoms with Crippen LogP contribution in [0.25, 0.3) is 5.57 Å². The topological polar surface area (TPSA) is 152 Å². The third-order valence-corrected chi connectivity index (χ3v) is 11.2. The molecule has 1 aliphatic rings. The van der Waals surface area contributed by atoms with Crippen molar-refractivity contribution in [2.24, 2.45) is 0 Å². The van der Waals surface area contributed by atoms with Crippen molar-refractivity contribution in [2.45, 2.75) is 51.3 Å². The van der Waals surface area contributed by atoms with E-state index in [0.717, 1.165) is 27.9 Å². The monoisotopic (exact) mass is 741 g/mol. The molecule has 0 atom stereocenters. The summed E-state index contributed by atoms with van der Waals surface area (Å²) < 4.78 is 71.7. The fourth-order valence-electron chi connectivity index (χ4n) is 7.27. The Bertz CT molecular complexity index is 2430. The molecule has 0 heterocycles. The molecule has 0 saturated carbocycles. The molecule has 4 aromatic rings. The molecule has 0 spiro atoms. The number of nitrogens with zero attached hydrogens (tertiary/aromatic N) is 2. The Balaban J connectivity index is 1.69. The lowest BCUT2D eigenvalue weighted by atomic mass is 9.90. The second kappa shape index (κ2) is 14.5. The van der Waals surface area contributed by atoms with Gasteiger partial charge in [0.05, 0.1) is 0 Å². The van der Waals surface area contributed by atoms with E-state index in [-0.39, 0.29) is 21.9 Å². The van der Waals surface area contributed by atoms with Crippen LogP contribution >= 0.6 is 0 Å². The lowest BCUT2D eigenvalue weighted by molar-refractivity contribution is -0.404. The number of allylic oxidation sites excluding steroid dienone is 5. The molecule has 52 heavy (non-hydrogen) atoms. The van der Waals surface area contributed by atoms with Crippen LogP contribution in [0.15, 0.2) is 106 Å². The largest absolute Gasteiger partial charge is 0.480 e. The van der Waals surface area contributed by atoms with Crippen LogP contribution in [0.1, 0.15) is 44.5 Å². The number of aliphatic carboxylic acids is 1. The average Bonchev–Trinajstić information content (AvgIpc) is 3.03. The van der Waals surface area contributed by atoms with Crippen molar-refractivity contribution in [1.29, 1.82) is 0 Å². The van der Waals surface area contributed by atoms with Gasteiger partial charge in [-0.1, -0.05) is 48.0 Å². The highest BCUT2D eigenvalue weighted by atomic mass is 32.2. The minimum Gasteiger partial charge on any atom is -0.480 e. The van der Waals surface area contributed by atoms with Crippen molar-refractivity contribution in [3.8, 4) is 0 Å². The van der Waals surface area contributed by atoms with Crippen LogP contribution in [0, 0.1) is 41.5 Å². The molecule has 10 nitrogen and oxygen atoms in total. The fraction of sp³-hybridized carbons (Fsp3) is 0.200. The Hall–Kier alpha value is -5.14. The van der Waals surface area contributed by atoms with Crippen molar-refractivity contribution < 1.29 is 40.4 Å². The molecule has 0 bridgehead atoms. The van der Waals surface area contributed by atoms with Crippen LogP contribution in [0.5, 0.6) is 0 Å². The average molecular weight is 742 g/mol. The third-order valence-electron chi connectivity index (χ3n) is 9.10. The normalized spacial score (nSPS) is 13.0. The van der Waals surface area contributed by atoms with Gasteiger partial charge in [-0.3, -0.25) is 13.9 Å². The number of hydrogen-bond acceptors (Lipinski definition) is 6. The van der Waals surface area contributed by atoms with Crippen molar-refractivity contribution in [1.82, 2.24) is 0 Å². The lowest BCUT2D eigenvalue weighted by Gasteiger charge is -2.27. The number of benzene rings is 4. The maximum atomic E-state index is 12.6. The number of anilines is 2. The Morgan fingerprint density at radius 1 is 0.731 bits per heavy atom. The van der Waals surface area contributed by atoms with Gasteiger partial charge in [0.15, 0.2) is 0 Å². The highest BCUT2D eigenvalue weighted by molar-refractivity contribution is 7.86. The number of carbonyl (C=O) groups is 1. The van der Waals surface area contributed by atoms with E-state index in [9.17, 15) is 35.8 Å². The van der Waals surface area contributed by atoms with Crippen LogP contribution in [0.3, 0.4) is 0 Å². The lowest BCUT2D eigenvalue weighted by Crippen LogP contribution is -2.26. The standard InChI is InChI=1S/C40H40N2O8S2/c1-24-20-25(2)38(26(3)21-24)42(23-36(43)44)33-18-14-31(15-19-33)37(34-10-8-9-11-35(34)51(45,46)47)30-12-16-32(17-13-30)41(7)39-27(4)22-28(5)40(29(39)6)52(48,49)50/h8-22H,23H2,1-7H3,(H2-,43,44,45,46,47,48,49,50)/p+1. The van der Waals surface area contributed by atoms with E-state index in [1.54, 1.807) is 80.4 Å². The molecule has 4 aromatic carbocycles. The van der Waals surface area contributed by atoms with Gasteiger partial charge in [-0.2, -0.15) is 21.4 Å². The number of carboxylic acid groups (broad SMARTS) is 1. The van der Waals surface area contributed by atoms with E-state index in [4.69, 9.17) is 0 Å². The van der Waals surface area contributed by atoms with E-state index < -0.39 is 26.2 Å². The van der Waals surface area contributed by atoms with Gasteiger partial charge in [-0.25, -0.2) is 0 Å². The van der Waals surface area contributed by atoms with Gasteiger partial charge in [-0.15, -0.1) is 0 Å². The highest BCUT2D eigenvalue weighted by Crippen LogP contribution is 2.38. The summed E-state index contributed by atoms with van der Waals surface area (Å²) in [5.74, 6) is -1.01. The zero-order valence-electron chi connectivity index (χ0n) is 30.0. The Morgan fingerprint density at radius 3 is 1.85 bits per heavy atom. The van der Waals surface area contributed by atoms with Crippen molar-refractivity contribution in [3.05, 3.63) is 141 Å². The first-order valence-corrected chi connectivity index (χ1v) is 19.2. The second-order valence-corrected chi connectivity index (χ2v) is 15.8. The summed E-state index contributed by atoms with van der Waals surface area (Å²) in [6.45, 7) is 10.7. The quantitative estimate of drug-likeness (QED) is 0.116. The first kappa shape index (κ1) is 38.1. The van der Waals surface area contributed by atoms with Crippen LogP contribution in [0.2, 0.25) is 0 Å². The molecule has 0 amide bonds. The summed E-state index contributed by atoms with van der Waals surface area (Å²) in [7, 11) is -7.34. The van der Waals surface area contributed by atoms with E-state index in [2.05, 4.69) is 0 Å². The first-order valence-electron chi connectivity index (χ1n) is 16.3. The molecule has 0 fully saturated rings. The molecular formula is C40H41N2O8S2+. The van der Waals surface area contributed by atoms with Crippen LogP contribution in [0.4, 0.5) is 17.1 Å². The summed E-state index contributed by atoms with van der Waals surface area (Å²) in [5.41, 5.74) is 9.21. The third kappa shape index (κ3) is 7.70. The van der Waals surface area contributed by atoms with Gasteiger partial charge in [-0.05, 0) is 111 Å². The SMILES string of the molecule is Cc1cc(C)c(N(CC(=O)O)c2ccc(C(=C3C=CC(=[N+](C)c4c(C)cc(C)c(S(=O)(=O)O)c4C)C=C3)c3ccccc3S(=O)(=O)O)cc2)c(C)c1. The van der Waals surface area contributed by atoms with Crippen molar-refractivity contribution >= 4 is 54.6 Å². The molecule has 12 heteroatoms. The highest BCUT2D eigenvalue weighted by Gasteiger charge is 2.27. The van der Waals surface area contributed by atoms with Gasteiger partial charge in [0.1, 0.15) is 23.4 Å². The summed E-state index contributed by atoms with van der Waals surface area (Å²) in [5, 5.41) is 9.85. The summed E-state index contributed by atoms with van der Waals surface area (Å²) in [6, 6.07) is 19.0. The van der Waals surface area contributed by atoms with Crippen molar-refractivity contribution in [3.63, 3.8) is 0 Å². The van der Waals surface area contributed by atoms with Crippen molar-refractivity contribution in [2.75, 3.05) is 18.5 Å². The minimum absolute atomic E-state index is 0.146. The van der Waals surface area contributed by atoms with Crippen LogP contribution < -0.4 is 4.90 Å². The van der Waals surface area contributed by atoms with E-state index >= 15 is 0 Å². The molecule has 0 aliphatic heterocycles. The molecule has 5 rings (SSSR count). The molecule has 0 aromatic heterocycles. The number of aryl methyl sites for hydroxylation is 5. The summed E-state index contributed by atoms with van der Waals surface area (Å²) in [4.78, 5) is 13.3. The van der Waals surface area contributed by atoms with Gasteiger partial charge in [0.2, 0.25) is 11.4 Å². The molecule has 0 saturated heterocycles. The predicted molar refractivity (Wildman–Crippen MR) is 204 cm³/mol. The summed E-state index contributed by atoms with van der Waals surface area (Å²) >= 11 is 0. The van der Waals surface area contributed by atoms with E-state index in [0.29, 0.717) is 44.9 Å². The maximum absolute atomic E-state index is 12.6. The Morgan fingerprint density at radius 2 is 1.31 bits per heavy atom. The summed E-state index contributed by atoms with van der Waals surface area (Å²) in [6.07, 6.45) is 7.22. The zero-order chi connectivity index (χ0) is 38.3. The Labute approximate surface area is 304 Å². The van der Waals surface area contributed by atoms with Gasteiger partial charge in [0.25, 0.3) is 20.2 Å². The minimum atomic E-state index is -4.64. The smallest absolute Gasteiger partial charge is 0.323 e. The fourth-order valence-corrected chi connectivity index (χ4v) is 8.92. The number of hydrogen-bond donors (Lipinski definition) is 3. The maximum Gasteiger partial charge on any atom is 0.323 e. The van der Waals surface area contributed by atoms with Gasteiger partial charge in [0, 0.05) is 40.2 Å². The molecule has 0 radical (unpaired) electrons. The molecule has 0 unspecified atom stereocenters. The van der Waals surface area contributed by atoms with Crippen LogP contribution in [-0.2, 0) is 25.0 Å².